The first kappa shape index (κ1) is 16.4. The van der Waals surface area contributed by atoms with Crippen molar-refractivity contribution in [1.82, 2.24) is 0 Å². The Morgan fingerprint density at radius 3 is 2.38 bits per heavy atom. The molecule has 0 fully saturated rings. The summed E-state index contributed by atoms with van der Waals surface area (Å²) in [4.78, 5) is 12.5. The third-order valence-electron chi connectivity index (χ3n) is 5.31. The Labute approximate surface area is 152 Å². The van der Waals surface area contributed by atoms with Crippen LogP contribution in [0.2, 0.25) is 0 Å². The van der Waals surface area contributed by atoms with Crippen LogP contribution in [0.4, 0.5) is 0 Å². The van der Waals surface area contributed by atoms with E-state index in [0.717, 1.165) is 33.8 Å². The number of carbonyl (C=O) groups is 1. The fourth-order valence-electron chi connectivity index (χ4n) is 3.96. The van der Waals surface area contributed by atoms with Crippen LogP contribution in [0.1, 0.15) is 35.6 Å². The van der Waals surface area contributed by atoms with E-state index in [2.05, 4.69) is 0 Å². The molecular weight excluding hydrogens is 324 g/mol. The van der Waals surface area contributed by atoms with Gasteiger partial charge in [-0.3, -0.25) is 4.79 Å². The third-order valence-corrected chi connectivity index (χ3v) is 5.31. The van der Waals surface area contributed by atoms with Gasteiger partial charge in [-0.15, -0.1) is 0 Å². The molecule has 26 heavy (non-hydrogen) atoms. The van der Waals surface area contributed by atoms with Gasteiger partial charge in [-0.25, -0.2) is 0 Å². The number of ether oxygens (including phenoxy) is 1. The van der Waals surface area contributed by atoms with Gasteiger partial charge in [0.2, 0.25) is 0 Å². The first-order chi connectivity index (χ1) is 12.7. The van der Waals surface area contributed by atoms with Crippen LogP contribution >= 0.6 is 0 Å². The number of hydrogen-bond donors (Lipinski definition) is 1. The zero-order chi connectivity index (χ0) is 18.1. The number of fused-ring (bicyclic) bond motifs is 2. The predicted molar refractivity (Wildman–Crippen MR) is 101 cm³/mol. The Morgan fingerprint density at radius 1 is 0.962 bits per heavy atom. The van der Waals surface area contributed by atoms with E-state index in [1.807, 2.05) is 79.7 Å². The van der Waals surface area contributed by atoms with Crippen molar-refractivity contribution in [2.45, 2.75) is 25.2 Å². The van der Waals surface area contributed by atoms with E-state index in [9.17, 15) is 9.90 Å². The molecule has 0 amide bonds. The van der Waals surface area contributed by atoms with E-state index in [0.29, 0.717) is 12.8 Å². The van der Waals surface area contributed by atoms with Crippen molar-refractivity contribution in [3.63, 3.8) is 0 Å². The molecule has 0 radical (unpaired) electrons. The highest BCUT2D eigenvalue weighted by Gasteiger charge is 2.43. The number of aliphatic carboxylic acids is 1. The zero-order valence-corrected chi connectivity index (χ0v) is 14.6. The summed E-state index contributed by atoms with van der Waals surface area (Å²) in [5.74, 6) is 0.754. The Bertz CT molecular complexity index is 962. The molecule has 0 bridgehead atoms. The van der Waals surface area contributed by atoms with Gasteiger partial charge >= 0.3 is 5.97 Å². The minimum atomic E-state index is -1.09. The van der Waals surface area contributed by atoms with E-state index in [1.54, 1.807) is 0 Å². The molecule has 130 valence electrons. The molecule has 3 nitrogen and oxygen atoms in total. The lowest BCUT2D eigenvalue weighted by atomic mass is 9.70. The lowest BCUT2D eigenvalue weighted by Gasteiger charge is -2.33. The van der Waals surface area contributed by atoms with Crippen molar-refractivity contribution in [2.75, 3.05) is 0 Å². The number of rotatable bonds is 4. The van der Waals surface area contributed by atoms with Gasteiger partial charge in [0, 0.05) is 12.0 Å². The fraction of sp³-hybridized carbons (Fsp3) is 0.174. The van der Waals surface area contributed by atoms with Crippen molar-refractivity contribution in [3.8, 4) is 11.5 Å². The first-order valence-electron chi connectivity index (χ1n) is 8.84. The van der Waals surface area contributed by atoms with Gasteiger partial charge in [-0.2, -0.15) is 0 Å². The second kappa shape index (κ2) is 6.34. The molecule has 1 N–H and O–H groups in total. The quantitative estimate of drug-likeness (QED) is 0.556. The smallest absolute Gasteiger partial charge is 0.318 e. The zero-order valence-electron chi connectivity index (χ0n) is 14.6. The van der Waals surface area contributed by atoms with Gasteiger partial charge in [-0.1, -0.05) is 67.6 Å². The van der Waals surface area contributed by atoms with Gasteiger partial charge in [0.25, 0.3) is 0 Å². The summed E-state index contributed by atoms with van der Waals surface area (Å²) < 4.78 is 6.08. The molecule has 3 aromatic carbocycles. The highest BCUT2D eigenvalue weighted by Crippen LogP contribution is 2.45. The minimum Gasteiger partial charge on any atom is -0.480 e. The molecule has 1 aliphatic rings. The standard InChI is InChI=1S/C23H20O3/c1-2-23(22(24)25,17-10-4-3-5-11-17)19-12-8-14-21-18(19)15-16-9-6-7-13-20(16)26-21/h3-14H,2,15H2,1H3,(H,24,25). The van der Waals surface area contributed by atoms with Crippen LogP contribution in [0.25, 0.3) is 0 Å². The normalized spacial score (nSPS) is 14.5. The van der Waals surface area contributed by atoms with E-state index in [1.165, 1.54) is 0 Å². The molecule has 3 heteroatoms. The van der Waals surface area contributed by atoms with Gasteiger partial charge < -0.3 is 9.84 Å². The molecule has 0 spiro atoms. The predicted octanol–water partition coefficient (Wildman–Crippen LogP) is 5.16. The molecule has 1 aliphatic heterocycles. The van der Waals surface area contributed by atoms with E-state index < -0.39 is 11.4 Å². The number of carboxylic acid groups (broad SMARTS) is 1. The average molecular weight is 344 g/mol. The SMILES string of the molecule is CCC(C(=O)O)(c1ccccc1)c1cccc2c1Cc1ccccc1O2. The molecule has 3 aromatic rings. The van der Waals surface area contributed by atoms with Crippen molar-refractivity contribution in [1.29, 1.82) is 0 Å². The van der Waals surface area contributed by atoms with Crippen molar-refractivity contribution >= 4 is 5.97 Å². The largest absolute Gasteiger partial charge is 0.480 e. The third kappa shape index (κ3) is 2.39. The molecule has 0 aromatic heterocycles. The Balaban J connectivity index is 1.94. The fourth-order valence-corrected chi connectivity index (χ4v) is 3.96. The molecule has 0 aliphatic carbocycles. The van der Waals surface area contributed by atoms with Crippen LogP contribution in [0.3, 0.4) is 0 Å². The van der Waals surface area contributed by atoms with Crippen LogP contribution in [0.15, 0.2) is 72.8 Å². The molecule has 4 rings (SSSR count). The lowest BCUT2D eigenvalue weighted by Crippen LogP contribution is -2.37. The minimum absolute atomic E-state index is 0.463. The summed E-state index contributed by atoms with van der Waals surface area (Å²) in [5.41, 5.74) is 2.55. The second-order valence-corrected chi connectivity index (χ2v) is 6.60. The van der Waals surface area contributed by atoms with Gasteiger partial charge in [0.05, 0.1) is 0 Å². The van der Waals surface area contributed by atoms with Crippen LogP contribution in [0, 0.1) is 0 Å². The summed E-state index contributed by atoms with van der Waals surface area (Å²) in [5, 5.41) is 10.3. The van der Waals surface area contributed by atoms with Crippen molar-refractivity contribution in [2.24, 2.45) is 0 Å². The summed E-state index contributed by atoms with van der Waals surface area (Å²) in [6, 6.07) is 23.1. The molecule has 1 unspecified atom stereocenters. The summed E-state index contributed by atoms with van der Waals surface area (Å²) in [7, 11) is 0. The summed E-state index contributed by atoms with van der Waals surface area (Å²) in [6.07, 6.45) is 1.13. The van der Waals surface area contributed by atoms with E-state index in [4.69, 9.17) is 4.74 Å². The van der Waals surface area contributed by atoms with E-state index in [-0.39, 0.29) is 0 Å². The van der Waals surface area contributed by atoms with Crippen molar-refractivity contribution in [3.05, 3.63) is 95.1 Å². The van der Waals surface area contributed by atoms with Crippen LogP contribution in [-0.4, -0.2) is 11.1 Å². The number of benzene rings is 3. The monoisotopic (exact) mass is 344 g/mol. The molecule has 1 heterocycles. The molecule has 1 atom stereocenters. The van der Waals surface area contributed by atoms with Gasteiger partial charge in [0.1, 0.15) is 16.9 Å². The highest BCUT2D eigenvalue weighted by molar-refractivity contribution is 5.87. The topological polar surface area (TPSA) is 46.5 Å². The maximum Gasteiger partial charge on any atom is 0.318 e. The van der Waals surface area contributed by atoms with Gasteiger partial charge in [0.15, 0.2) is 0 Å². The Kier molecular flexibility index (Phi) is 4.00. The Morgan fingerprint density at radius 2 is 1.65 bits per heavy atom. The lowest BCUT2D eigenvalue weighted by molar-refractivity contribution is -0.142. The number of carboxylic acids is 1. The maximum absolute atomic E-state index is 12.5. The number of para-hydroxylation sites is 1. The van der Waals surface area contributed by atoms with Crippen LogP contribution in [-0.2, 0) is 16.6 Å². The molecule has 0 saturated carbocycles. The molecular formula is C23H20O3. The van der Waals surface area contributed by atoms with Gasteiger partial charge in [-0.05, 0) is 35.2 Å². The summed E-state index contributed by atoms with van der Waals surface area (Å²) in [6.45, 7) is 1.93. The summed E-state index contributed by atoms with van der Waals surface area (Å²) >= 11 is 0. The first-order valence-corrected chi connectivity index (χ1v) is 8.84. The van der Waals surface area contributed by atoms with Crippen molar-refractivity contribution < 1.29 is 14.6 Å². The second-order valence-electron chi connectivity index (χ2n) is 6.60. The van der Waals surface area contributed by atoms with Crippen LogP contribution < -0.4 is 4.74 Å². The average Bonchev–Trinajstić information content (AvgIpc) is 2.68. The highest BCUT2D eigenvalue weighted by atomic mass is 16.5. The van der Waals surface area contributed by atoms with Crippen LogP contribution in [0.5, 0.6) is 11.5 Å². The maximum atomic E-state index is 12.5. The van der Waals surface area contributed by atoms with E-state index >= 15 is 0 Å². The Hall–Kier alpha value is -3.07. The molecule has 0 saturated heterocycles. The number of hydrogen-bond acceptors (Lipinski definition) is 2.